The standard InChI is InChI=1S/C28H28Cl2N2O2S/c1-28(2,3)19-7-8-20-21(14-31)27(35-26(20)13-19)32-15-17-6-10-24(25(12-17)33-4)34-16-18-5-9-22(29)23(30)11-18/h5-6,9-12,15,19H,7-8,13,16H2,1-4H3/t19-/m0/s1. The minimum atomic E-state index is 0.262. The van der Waals surface area contributed by atoms with Crippen molar-refractivity contribution in [1.29, 1.82) is 5.26 Å². The summed E-state index contributed by atoms with van der Waals surface area (Å²) in [6.45, 7) is 7.23. The number of thiophene rings is 1. The van der Waals surface area contributed by atoms with E-state index in [4.69, 9.17) is 37.7 Å². The van der Waals surface area contributed by atoms with Gasteiger partial charge in [-0.1, -0.05) is 50.0 Å². The van der Waals surface area contributed by atoms with Crippen molar-refractivity contribution in [3.8, 4) is 17.6 Å². The number of aliphatic imine (C=N–C) groups is 1. The highest BCUT2D eigenvalue weighted by atomic mass is 35.5. The topological polar surface area (TPSA) is 54.6 Å². The van der Waals surface area contributed by atoms with E-state index >= 15 is 0 Å². The molecule has 0 fully saturated rings. The molecule has 1 aromatic heterocycles. The van der Waals surface area contributed by atoms with Gasteiger partial charge in [-0.15, -0.1) is 11.3 Å². The average molecular weight is 528 g/mol. The molecule has 0 aliphatic heterocycles. The van der Waals surface area contributed by atoms with Gasteiger partial charge < -0.3 is 9.47 Å². The van der Waals surface area contributed by atoms with Gasteiger partial charge in [-0.2, -0.15) is 5.26 Å². The van der Waals surface area contributed by atoms with E-state index in [2.05, 4.69) is 26.8 Å². The predicted octanol–water partition coefficient (Wildman–Crippen LogP) is 8.42. The zero-order valence-electron chi connectivity index (χ0n) is 20.3. The first-order chi connectivity index (χ1) is 16.7. The van der Waals surface area contributed by atoms with Gasteiger partial charge >= 0.3 is 0 Å². The number of nitrogens with zero attached hydrogens (tertiary/aromatic N) is 2. The molecule has 1 atom stereocenters. The third kappa shape index (κ3) is 5.83. The molecule has 35 heavy (non-hydrogen) atoms. The second-order valence-electron chi connectivity index (χ2n) is 9.81. The molecule has 182 valence electrons. The molecule has 0 N–H and O–H groups in total. The van der Waals surface area contributed by atoms with Crippen molar-refractivity contribution >= 4 is 45.8 Å². The zero-order valence-corrected chi connectivity index (χ0v) is 22.7. The highest BCUT2D eigenvalue weighted by Crippen LogP contribution is 2.45. The molecule has 7 heteroatoms. The summed E-state index contributed by atoms with van der Waals surface area (Å²) in [6.07, 6.45) is 4.87. The van der Waals surface area contributed by atoms with E-state index in [9.17, 15) is 5.26 Å². The van der Waals surface area contributed by atoms with Gasteiger partial charge in [0.15, 0.2) is 11.5 Å². The fraction of sp³-hybridized carbons (Fsp3) is 0.357. The average Bonchev–Trinajstić information content (AvgIpc) is 3.19. The van der Waals surface area contributed by atoms with Crippen LogP contribution in [0.1, 0.15) is 54.3 Å². The molecule has 0 spiro atoms. The number of hydrogen-bond acceptors (Lipinski definition) is 5. The Morgan fingerprint density at radius 2 is 1.94 bits per heavy atom. The first kappa shape index (κ1) is 25.6. The van der Waals surface area contributed by atoms with Gasteiger partial charge in [0.2, 0.25) is 0 Å². The maximum Gasteiger partial charge on any atom is 0.161 e. The number of halogens is 2. The molecule has 4 rings (SSSR count). The summed E-state index contributed by atoms with van der Waals surface area (Å²) in [7, 11) is 1.61. The smallest absolute Gasteiger partial charge is 0.161 e. The van der Waals surface area contributed by atoms with Crippen LogP contribution in [0, 0.1) is 22.7 Å². The quantitative estimate of drug-likeness (QED) is 0.303. The van der Waals surface area contributed by atoms with Crippen LogP contribution in [0.25, 0.3) is 0 Å². The van der Waals surface area contributed by atoms with E-state index in [0.29, 0.717) is 34.1 Å². The van der Waals surface area contributed by atoms with Crippen LogP contribution in [0.2, 0.25) is 10.0 Å². The molecule has 0 bridgehead atoms. The molecular weight excluding hydrogens is 499 g/mol. The maximum absolute atomic E-state index is 9.82. The Balaban J connectivity index is 1.51. The first-order valence-corrected chi connectivity index (χ1v) is 13.1. The van der Waals surface area contributed by atoms with Crippen LogP contribution in [-0.2, 0) is 19.4 Å². The number of fused-ring (bicyclic) bond motifs is 1. The molecule has 3 aromatic rings. The number of benzene rings is 2. The molecule has 4 nitrogen and oxygen atoms in total. The van der Waals surface area contributed by atoms with Crippen LogP contribution >= 0.6 is 34.5 Å². The third-order valence-electron chi connectivity index (χ3n) is 6.48. The Kier molecular flexibility index (Phi) is 7.76. The van der Waals surface area contributed by atoms with Crippen LogP contribution in [0.4, 0.5) is 5.00 Å². The molecule has 0 radical (unpaired) electrons. The molecule has 1 aliphatic carbocycles. The Bertz CT molecular complexity index is 1300. The fourth-order valence-corrected chi connectivity index (χ4v) is 5.87. The minimum Gasteiger partial charge on any atom is -0.493 e. The van der Waals surface area contributed by atoms with Gasteiger partial charge in [-0.05, 0) is 77.6 Å². The fourth-order valence-electron chi connectivity index (χ4n) is 4.32. The normalized spacial score (nSPS) is 15.6. The summed E-state index contributed by atoms with van der Waals surface area (Å²) in [4.78, 5) is 6.01. The summed E-state index contributed by atoms with van der Waals surface area (Å²) < 4.78 is 11.5. The molecular formula is C28H28Cl2N2O2S. The lowest BCUT2D eigenvalue weighted by molar-refractivity contribution is 0.218. The second kappa shape index (κ2) is 10.6. The van der Waals surface area contributed by atoms with Crippen molar-refractivity contribution in [2.45, 2.75) is 46.6 Å². The zero-order chi connectivity index (χ0) is 25.2. The van der Waals surface area contributed by atoms with Crippen molar-refractivity contribution in [1.82, 2.24) is 0 Å². The van der Waals surface area contributed by atoms with E-state index in [1.165, 1.54) is 10.4 Å². The lowest BCUT2D eigenvalue weighted by Gasteiger charge is -2.33. The van der Waals surface area contributed by atoms with Crippen LogP contribution in [0.5, 0.6) is 11.5 Å². The number of methoxy groups -OCH3 is 1. The van der Waals surface area contributed by atoms with E-state index in [-0.39, 0.29) is 5.41 Å². The number of ether oxygens (including phenoxy) is 2. The summed E-state index contributed by atoms with van der Waals surface area (Å²) in [6, 6.07) is 13.5. The van der Waals surface area contributed by atoms with Crippen molar-refractivity contribution in [2.24, 2.45) is 16.3 Å². The van der Waals surface area contributed by atoms with Crippen molar-refractivity contribution in [3.05, 3.63) is 73.6 Å². The highest BCUT2D eigenvalue weighted by Gasteiger charge is 2.32. The van der Waals surface area contributed by atoms with Gasteiger partial charge in [0, 0.05) is 11.1 Å². The minimum absolute atomic E-state index is 0.262. The van der Waals surface area contributed by atoms with E-state index in [0.717, 1.165) is 41.0 Å². The van der Waals surface area contributed by atoms with Gasteiger partial charge in [0.25, 0.3) is 0 Å². The van der Waals surface area contributed by atoms with Crippen LogP contribution in [0.3, 0.4) is 0 Å². The first-order valence-electron chi connectivity index (χ1n) is 11.5. The summed E-state index contributed by atoms with van der Waals surface area (Å²) in [5, 5.41) is 11.6. The second-order valence-corrected chi connectivity index (χ2v) is 11.7. The molecule has 1 heterocycles. The van der Waals surface area contributed by atoms with Crippen molar-refractivity contribution in [2.75, 3.05) is 7.11 Å². The molecule has 1 aliphatic rings. The van der Waals surface area contributed by atoms with Gasteiger partial charge in [-0.25, -0.2) is 4.99 Å². The van der Waals surface area contributed by atoms with Gasteiger partial charge in [0.05, 0.1) is 22.7 Å². The lowest BCUT2D eigenvalue weighted by atomic mass is 9.72. The van der Waals surface area contributed by atoms with Gasteiger partial charge in [-0.3, -0.25) is 0 Å². The molecule has 0 saturated carbocycles. The summed E-state index contributed by atoms with van der Waals surface area (Å²) in [5.74, 6) is 1.85. The maximum atomic E-state index is 9.82. The number of hydrogen-bond donors (Lipinski definition) is 0. The molecule has 2 aromatic carbocycles. The Morgan fingerprint density at radius 3 is 2.63 bits per heavy atom. The van der Waals surface area contributed by atoms with Crippen molar-refractivity contribution < 1.29 is 9.47 Å². The van der Waals surface area contributed by atoms with Crippen LogP contribution < -0.4 is 9.47 Å². The third-order valence-corrected chi connectivity index (χ3v) is 8.38. The summed E-state index contributed by atoms with van der Waals surface area (Å²) >= 11 is 13.7. The molecule has 0 unspecified atom stereocenters. The SMILES string of the molecule is COc1cc(C=Nc2sc3c(c2C#N)CC[C@H](C(C)(C)C)C3)ccc1OCc1ccc(Cl)c(Cl)c1. The Hall–Kier alpha value is -2.52. The number of nitriles is 1. The highest BCUT2D eigenvalue weighted by molar-refractivity contribution is 7.16. The van der Waals surface area contributed by atoms with Crippen LogP contribution in [0.15, 0.2) is 41.4 Å². The van der Waals surface area contributed by atoms with E-state index in [1.807, 2.05) is 24.3 Å². The lowest BCUT2D eigenvalue weighted by Crippen LogP contribution is -2.26. The van der Waals surface area contributed by atoms with Crippen molar-refractivity contribution in [3.63, 3.8) is 0 Å². The molecule has 0 saturated heterocycles. The Labute approximate surface area is 221 Å². The largest absolute Gasteiger partial charge is 0.493 e. The van der Waals surface area contributed by atoms with Crippen LogP contribution in [-0.4, -0.2) is 13.3 Å². The van der Waals surface area contributed by atoms with E-state index < -0.39 is 0 Å². The monoisotopic (exact) mass is 526 g/mol. The Morgan fingerprint density at radius 1 is 1.14 bits per heavy atom. The van der Waals surface area contributed by atoms with E-state index in [1.54, 1.807) is 36.8 Å². The predicted molar refractivity (Wildman–Crippen MR) is 145 cm³/mol. The number of rotatable bonds is 6. The molecule has 0 amide bonds. The van der Waals surface area contributed by atoms with Gasteiger partial charge in [0.1, 0.15) is 17.7 Å². The summed E-state index contributed by atoms with van der Waals surface area (Å²) in [5.41, 5.74) is 3.95.